The average molecular weight is 596 g/mol. The summed E-state index contributed by atoms with van der Waals surface area (Å²) in [5.41, 5.74) is -0.0144. The number of thiazole rings is 1. The van der Waals surface area contributed by atoms with Gasteiger partial charge >= 0.3 is 0 Å². The number of nitrogens with one attached hydrogen (secondary N) is 3. The number of Topliss-reactive ketones (excluding diaryl/α,β-unsaturated/α-hetero) is 1. The number of fused-ring (bicyclic) bond motifs is 2. The summed E-state index contributed by atoms with van der Waals surface area (Å²) in [5.74, 6) is -1.75. The Labute approximate surface area is 250 Å². The van der Waals surface area contributed by atoms with E-state index in [0.717, 1.165) is 4.70 Å². The van der Waals surface area contributed by atoms with E-state index >= 15 is 0 Å². The van der Waals surface area contributed by atoms with Crippen LogP contribution in [0, 0.1) is 28.6 Å². The van der Waals surface area contributed by atoms with Crippen molar-refractivity contribution in [1.29, 1.82) is 0 Å². The van der Waals surface area contributed by atoms with E-state index in [9.17, 15) is 24.0 Å². The van der Waals surface area contributed by atoms with Crippen molar-refractivity contribution in [2.75, 3.05) is 13.1 Å². The Morgan fingerprint density at radius 3 is 2.50 bits per heavy atom. The topological polar surface area (TPSA) is 138 Å². The molecule has 3 fully saturated rings. The Balaban J connectivity index is 1.43. The third kappa shape index (κ3) is 5.55. The predicted molar refractivity (Wildman–Crippen MR) is 160 cm³/mol. The number of carbonyl (C=O) groups excluding carboxylic acids is 5. The third-order valence-corrected chi connectivity index (χ3v) is 10.4. The number of likely N-dealkylation sites (tertiary alicyclic amines) is 1. The Morgan fingerprint density at radius 2 is 1.88 bits per heavy atom. The molecule has 3 heterocycles. The maximum atomic E-state index is 14.1. The first-order valence-corrected chi connectivity index (χ1v) is 15.6. The molecule has 1 aliphatic carbocycles. The lowest BCUT2D eigenvalue weighted by Crippen LogP contribution is -2.60. The van der Waals surface area contributed by atoms with Gasteiger partial charge in [0.25, 0.3) is 0 Å². The van der Waals surface area contributed by atoms with Crippen LogP contribution in [-0.4, -0.2) is 70.5 Å². The summed E-state index contributed by atoms with van der Waals surface area (Å²) in [6.45, 7) is 12.5. The lowest BCUT2D eigenvalue weighted by atomic mass is 9.85. The molecule has 10 nitrogen and oxygen atoms in total. The van der Waals surface area contributed by atoms with Gasteiger partial charge in [-0.25, -0.2) is 4.98 Å². The van der Waals surface area contributed by atoms with Crippen LogP contribution >= 0.6 is 11.3 Å². The molecule has 1 aromatic carbocycles. The monoisotopic (exact) mass is 595 g/mol. The van der Waals surface area contributed by atoms with Crippen molar-refractivity contribution in [1.82, 2.24) is 25.8 Å². The number of benzene rings is 1. The molecule has 1 saturated carbocycles. The first kappa shape index (κ1) is 30.1. The highest BCUT2D eigenvalue weighted by molar-refractivity contribution is 7.20. The van der Waals surface area contributed by atoms with E-state index < -0.39 is 35.4 Å². The molecule has 1 aromatic heterocycles. The SMILES string of the molecule is CCC(=O)N[C@H](C(=O)N1CC2C(C1C(=O)N[C@@H](C[C@@H]1CCNC1=O)C(=O)c1nc3ccccc3s1)C2(C)C)C(C)(C)C. The van der Waals surface area contributed by atoms with E-state index in [1.165, 1.54) is 11.3 Å². The quantitative estimate of drug-likeness (QED) is 0.381. The second-order valence-corrected chi connectivity index (χ2v) is 14.6. The maximum absolute atomic E-state index is 14.1. The molecule has 3 N–H and O–H groups in total. The molecule has 3 aliphatic rings. The summed E-state index contributed by atoms with van der Waals surface area (Å²) in [4.78, 5) is 73.0. The molecule has 5 rings (SSSR count). The molecule has 2 aliphatic heterocycles. The number of hydrogen-bond acceptors (Lipinski definition) is 7. The fraction of sp³-hybridized carbons (Fsp3) is 0.613. The first-order chi connectivity index (χ1) is 19.7. The van der Waals surface area contributed by atoms with E-state index in [1.807, 2.05) is 45.0 Å². The minimum atomic E-state index is -0.969. The van der Waals surface area contributed by atoms with Gasteiger partial charge in [0.15, 0.2) is 5.01 Å². The number of ketones is 1. The van der Waals surface area contributed by atoms with Crippen LogP contribution in [0.2, 0.25) is 0 Å². The van der Waals surface area contributed by atoms with Gasteiger partial charge in [0.1, 0.15) is 12.1 Å². The number of carbonyl (C=O) groups is 5. The van der Waals surface area contributed by atoms with Crippen molar-refractivity contribution in [3.8, 4) is 0 Å². The van der Waals surface area contributed by atoms with Gasteiger partial charge in [-0.15, -0.1) is 11.3 Å². The van der Waals surface area contributed by atoms with E-state index in [2.05, 4.69) is 34.8 Å². The molecule has 226 valence electrons. The second kappa shape index (κ2) is 11.1. The van der Waals surface area contributed by atoms with Crippen molar-refractivity contribution in [3.63, 3.8) is 0 Å². The van der Waals surface area contributed by atoms with Crippen molar-refractivity contribution < 1.29 is 24.0 Å². The smallest absolute Gasteiger partial charge is 0.246 e. The van der Waals surface area contributed by atoms with Crippen molar-refractivity contribution >= 4 is 51.0 Å². The summed E-state index contributed by atoms with van der Waals surface area (Å²) in [5, 5.41) is 8.94. The molecular weight excluding hydrogens is 554 g/mol. The van der Waals surface area contributed by atoms with Crippen molar-refractivity contribution in [3.05, 3.63) is 29.3 Å². The lowest BCUT2D eigenvalue weighted by Gasteiger charge is -2.38. The fourth-order valence-corrected chi connectivity index (χ4v) is 7.62. The Hall–Kier alpha value is -3.34. The van der Waals surface area contributed by atoms with Crippen LogP contribution < -0.4 is 16.0 Å². The minimum Gasteiger partial charge on any atom is -0.356 e. The number of nitrogens with zero attached hydrogens (tertiary/aromatic N) is 2. The van der Waals surface area contributed by atoms with Crippen LogP contribution in [0.15, 0.2) is 24.3 Å². The van der Waals surface area contributed by atoms with Crippen LogP contribution in [0.5, 0.6) is 0 Å². The zero-order chi connectivity index (χ0) is 30.6. The van der Waals surface area contributed by atoms with Gasteiger partial charge in [-0.1, -0.05) is 53.7 Å². The van der Waals surface area contributed by atoms with Gasteiger partial charge < -0.3 is 20.9 Å². The number of rotatable bonds is 9. The highest BCUT2D eigenvalue weighted by Gasteiger charge is 2.70. The molecule has 4 amide bonds. The normalized spacial score (nSPS) is 25.9. The summed E-state index contributed by atoms with van der Waals surface area (Å²) in [6, 6.07) is 4.90. The number of amides is 4. The Kier molecular flexibility index (Phi) is 7.93. The fourth-order valence-electron chi connectivity index (χ4n) is 6.66. The van der Waals surface area contributed by atoms with Gasteiger partial charge in [0.2, 0.25) is 29.4 Å². The molecular formula is C31H41N5O5S. The van der Waals surface area contributed by atoms with Crippen LogP contribution in [0.4, 0.5) is 0 Å². The Bertz CT molecular complexity index is 1400. The zero-order valence-corrected chi connectivity index (χ0v) is 26.0. The van der Waals surface area contributed by atoms with Crippen LogP contribution in [0.3, 0.4) is 0 Å². The molecule has 0 radical (unpaired) electrons. The largest absolute Gasteiger partial charge is 0.356 e. The summed E-state index contributed by atoms with van der Waals surface area (Å²) in [6.07, 6.45) is 0.975. The molecule has 6 atom stereocenters. The molecule has 11 heteroatoms. The zero-order valence-electron chi connectivity index (χ0n) is 25.2. The van der Waals surface area contributed by atoms with E-state index in [0.29, 0.717) is 25.0 Å². The molecule has 0 bridgehead atoms. The average Bonchev–Trinajstić information content (AvgIpc) is 3.45. The van der Waals surface area contributed by atoms with E-state index in [4.69, 9.17) is 0 Å². The highest BCUT2D eigenvalue weighted by Crippen LogP contribution is 2.65. The lowest BCUT2D eigenvalue weighted by molar-refractivity contribution is -0.145. The van der Waals surface area contributed by atoms with Gasteiger partial charge in [0, 0.05) is 25.4 Å². The van der Waals surface area contributed by atoms with E-state index in [-0.39, 0.29) is 58.6 Å². The standard InChI is InChI=1S/C31H41N5O5S/c1-7-21(37)35-25(30(2,3)4)29(41)36-15-17-22(31(17,5)6)23(36)27(40)33-19(14-16-12-13-32-26(16)39)24(38)28-34-18-10-8-9-11-20(18)42-28/h8-11,16-17,19,22-23,25H,7,12-15H2,1-6H3,(H,32,39)(H,33,40)(H,35,37)/t16-,17?,19-,22?,23?,25+/m0/s1. The van der Waals surface area contributed by atoms with Crippen molar-refractivity contribution in [2.45, 2.75) is 78.9 Å². The molecule has 0 spiro atoms. The molecule has 2 aromatic rings. The van der Waals surface area contributed by atoms with Crippen LogP contribution in [-0.2, 0) is 19.2 Å². The first-order valence-electron chi connectivity index (χ1n) is 14.8. The number of hydrogen-bond donors (Lipinski definition) is 3. The molecule has 3 unspecified atom stereocenters. The van der Waals surface area contributed by atoms with Gasteiger partial charge in [0.05, 0.1) is 16.3 Å². The van der Waals surface area contributed by atoms with Crippen LogP contribution in [0.1, 0.15) is 70.6 Å². The van der Waals surface area contributed by atoms with Gasteiger partial charge in [-0.3, -0.25) is 24.0 Å². The third-order valence-electron chi connectivity index (χ3n) is 9.32. The van der Waals surface area contributed by atoms with E-state index in [1.54, 1.807) is 11.8 Å². The maximum Gasteiger partial charge on any atom is 0.246 e. The predicted octanol–water partition coefficient (Wildman–Crippen LogP) is 2.91. The molecule has 2 saturated heterocycles. The summed E-state index contributed by atoms with van der Waals surface area (Å²) < 4.78 is 0.863. The van der Waals surface area contributed by atoms with Crippen molar-refractivity contribution in [2.24, 2.45) is 28.6 Å². The number of para-hydroxylation sites is 1. The minimum absolute atomic E-state index is 0.0723. The summed E-state index contributed by atoms with van der Waals surface area (Å²) >= 11 is 1.26. The Morgan fingerprint density at radius 1 is 1.17 bits per heavy atom. The molecule has 42 heavy (non-hydrogen) atoms. The number of piperidine rings is 1. The highest BCUT2D eigenvalue weighted by atomic mass is 32.1. The number of aromatic nitrogens is 1. The summed E-state index contributed by atoms with van der Waals surface area (Å²) in [7, 11) is 0. The van der Waals surface area contributed by atoms with Gasteiger partial charge in [-0.05, 0) is 47.6 Å². The second-order valence-electron chi connectivity index (χ2n) is 13.5. The van der Waals surface area contributed by atoms with Crippen LogP contribution in [0.25, 0.3) is 10.2 Å². The van der Waals surface area contributed by atoms with Gasteiger partial charge in [-0.2, -0.15) is 0 Å².